The van der Waals surface area contributed by atoms with Gasteiger partial charge in [-0.25, -0.2) is 0 Å². The second kappa shape index (κ2) is 15.2. The predicted octanol–water partition coefficient (Wildman–Crippen LogP) is 17.6. The van der Waals surface area contributed by atoms with Crippen molar-refractivity contribution in [1.29, 1.82) is 0 Å². The Morgan fingerprint density at radius 1 is 0.515 bits per heavy atom. The minimum absolute atomic E-state index is 0.158. The van der Waals surface area contributed by atoms with Crippen LogP contribution in [0.25, 0.3) is 81.0 Å². The van der Waals surface area contributed by atoms with Crippen LogP contribution < -0.4 is 4.90 Å². The lowest BCUT2D eigenvalue weighted by molar-refractivity contribution is 0.659. The second-order valence-electron chi connectivity index (χ2n) is 18.4. The number of thiophene rings is 1. The zero-order chi connectivity index (χ0) is 43.9. The van der Waals surface area contributed by atoms with Gasteiger partial charge in [0.25, 0.3) is 0 Å². The maximum absolute atomic E-state index is 2.51. The molecule has 0 saturated carbocycles. The molecule has 1 atom stereocenters. The summed E-state index contributed by atoms with van der Waals surface area (Å²) in [6, 6.07) is 76.6. The molecule has 11 aromatic rings. The molecule has 13 rings (SSSR count). The molecule has 314 valence electrons. The van der Waals surface area contributed by atoms with E-state index in [2.05, 4.69) is 248 Å². The van der Waals surface area contributed by atoms with Crippen molar-refractivity contribution in [2.24, 2.45) is 0 Å². The number of aromatic nitrogens is 1. The van der Waals surface area contributed by atoms with E-state index < -0.39 is 0 Å². The van der Waals surface area contributed by atoms with Gasteiger partial charge in [-0.2, -0.15) is 0 Å². The minimum Gasteiger partial charge on any atom is -0.314 e. The smallest absolute Gasteiger partial charge is 0.0547 e. The van der Waals surface area contributed by atoms with Gasteiger partial charge in [-0.15, -0.1) is 11.3 Å². The van der Waals surface area contributed by atoms with E-state index in [4.69, 9.17) is 0 Å². The average Bonchev–Trinajstić information content (AvgIpc) is 4.00. The first kappa shape index (κ1) is 38.7. The van der Waals surface area contributed by atoms with Gasteiger partial charge in [0, 0.05) is 65.0 Å². The van der Waals surface area contributed by atoms with Crippen LogP contribution in [0.5, 0.6) is 0 Å². The number of anilines is 2. The summed E-state index contributed by atoms with van der Waals surface area (Å²) in [5.41, 5.74) is 18.9. The number of hydrogen-bond donors (Lipinski definition) is 0. The quantitative estimate of drug-likeness (QED) is 0.155. The van der Waals surface area contributed by atoms with Gasteiger partial charge in [-0.1, -0.05) is 172 Å². The summed E-state index contributed by atoms with van der Waals surface area (Å²) in [5, 5.41) is 5.22. The van der Waals surface area contributed by atoms with E-state index in [1.165, 1.54) is 103 Å². The normalized spacial score (nSPS) is 15.1. The number of fused-ring (bicyclic) bond motifs is 9. The summed E-state index contributed by atoms with van der Waals surface area (Å²) in [7, 11) is 0. The topological polar surface area (TPSA) is 8.17 Å². The van der Waals surface area contributed by atoms with Gasteiger partial charge in [-0.3, -0.25) is 0 Å². The van der Waals surface area contributed by atoms with Crippen LogP contribution in [0.4, 0.5) is 11.4 Å². The minimum atomic E-state index is -0.158. The lowest BCUT2D eigenvalue weighted by atomic mass is 9.80. The SMILES string of the molecule is CC1(C)c2ccc(C3CC=CC=C3N(c3ccccc3)c3ccc(-c4cccc5c4sc4ccccc45)cc3)cc2-c2ccc(-c3cccc4c3c3ccccc3n4-c3ccccc3)cc21. The first-order valence-electron chi connectivity index (χ1n) is 23.1. The average molecular weight is 863 g/mol. The lowest BCUT2D eigenvalue weighted by Crippen LogP contribution is -2.23. The molecule has 0 N–H and O–H groups in total. The summed E-state index contributed by atoms with van der Waals surface area (Å²) >= 11 is 1.89. The van der Waals surface area contributed by atoms with E-state index in [9.17, 15) is 0 Å². The largest absolute Gasteiger partial charge is 0.314 e. The monoisotopic (exact) mass is 862 g/mol. The fourth-order valence-corrected chi connectivity index (χ4v) is 12.5. The van der Waals surface area contributed by atoms with Gasteiger partial charge in [0.2, 0.25) is 0 Å². The van der Waals surface area contributed by atoms with E-state index in [1.807, 2.05) is 11.3 Å². The zero-order valence-corrected chi connectivity index (χ0v) is 37.8. The Hall–Kier alpha value is -7.72. The van der Waals surface area contributed by atoms with E-state index in [0.717, 1.165) is 17.8 Å². The molecule has 0 fully saturated rings. The molecule has 3 heteroatoms. The Balaban J connectivity index is 0.880. The maximum Gasteiger partial charge on any atom is 0.0547 e. The van der Waals surface area contributed by atoms with Gasteiger partial charge < -0.3 is 9.47 Å². The van der Waals surface area contributed by atoms with E-state index >= 15 is 0 Å². The molecule has 2 aliphatic carbocycles. The molecule has 0 saturated heterocycles. The van der Waals surface area contributed by atoms with Crippen LogP contribution in [0.15, 0.2) is 230 Å². The highest BCUT2D eigenvalue weighted by atomic mass is 32.1. The standard InChI is InChI=1S/C63H46N2S/c1-63(2)55-38-34-42(39-54(55)50-37-33-43(40-56(50)63)48-24-16-29-59-61(48)53-23-10-13-28-58(53)65(59)45-19-7-4-8-20-45)47-21-9-12-27-57(47)64(44-17-5-3-6-18-44)46-35-31-41(32-36-46)49-25-15-26-52-51-22-11-14-30-60(51)66-62(49)52/h3-20,22-40,47H,21H2,1-2H3. The molecule has 66 heavy (non-hydrogen) atoms. The van der Waals surface area contributed by atoms with Crippen LogP contribution in [0.1, 0.15) is 42.9 Å². The van der Waals surface area contributed by atoms with Crippen molar-refractivity contribution in [1.82, 2.24) is 4.57 Å². The van der Waals surface area contributed by atoms with Crippen LogP contribution in [-0.2, 0) is 5.41 Å². The Morgan fingerprint density at radius 3 is 2.05 bits per heavy atom. The highest BCUT2D eigenvalue weighted by molar-refractivity contribution is 7.26. The van der Waals surface area contributed by atoms with Crippen molar-refractivity contribution in [2.75, 3.05) is 4.90 Å². The van der Waals surface area contributed by atoms with Crippen LogP contribution in [0.3, 0.4) is 0 Å². The van der Waals surface area contributed by atoms with Gasteiger partial charge in [-0.05, 0) is 123 Å². The molecule has 2 aliphatic rings. The first-order chi connectivity index (χ1) is 32.5. The van der Waals surface area contributed by atoms with Crippen molar-refractivity contribution in [2.45, 2.75) is 31.6 Å². The fourth-order valence-electron chi connectivity index (χ4n) is 11.2. The molecule has 2 aromatic heterocycles. The lowest BCUT2D eigenvalue weighted by Gasteiger charge is -2.34. The molecular weight excluding hydrogens is 817 g/mol. The molecule has 9 aromatic carbocycles. The molecule has 0 amide bonds. The van der Waals surface area contributed by atoms with E-state index in [-0.39, 0.29) is 11.3 Å². The van der Waals surface area contributed by atoms with Crippen LogP contribution in [0.2, 0.25) is 0 Å². The Morgan fingerprint density at radius 2 is 1.20 bits per heavy atom. The third kappa shape index (κ3) is 6.00. The molecular formula is C63H46N2S. The van der Waals surface area contributed by atoms with Gasteiger partial charge in [0.15, 0.2) is 0 Å². The third-order valence-corrected chi connectivity index (χ3v) is 15.6. The van der Waals surface area contributed by atoms with Gasteiger partial charge >= 0.3 is 0 Å². The number of hydrogen-bond acceptors (Lipinski definition) is 2. The molecule has 1 unspecified atom stereocenters. The van der Waals surface area contributed by atoms with Crippen molar-refractivity contribution < 1.29 is 0 Å². The molecule has 2 nitrogen and oxygen atoms in total. The first-order valence-corrected chi connectivity index (χ1v) is 23.9. The highest BCUT2D eigenvalue weighted by Crippen LogP contribution is 2.52. The highest BCUT2D eigenvalue weighted by Gasteiger charge is 2.37. The van der Waals surface area contributed by atoms with Crippen molar-refractivity contribution in [3.63, 3.8) is 0 Å². The molecule has 0 radical (unpaired) electrons. The van der Waals surface area contributed by atoms with E-state index in [1.54, 1.807) is 0 Å². The molecule has 0 spiro atoms. The van der Waals surface area contributed by atoms with Crippen LogP contribution in [0, 0.1) is 0 Å². The number of nitrogens with zero attached hydrogens (tertiary/aromatic N) is 2. The van der Waals surface area contributed by atoms with Crippen LogP contribution in [-0.4, -0.2) is 4.57 Å². The Kier molecular flexibility index (Phi) is 8.91. The van der Waals surface area contributed by atoms with Crippen molar-refractivity contribution in [3.05, 3.63) is 247 Å². The van der Waals surface area contributed by atoms with E-state index in [0.29, 0.717) is 0 Å². The van der Waals surface area contributed by atoms with Gasteiger partial charge in [0.05, 0.1) is 11.0 Å². The molecule has 0 aliphatic heterocycles. The Bertz CT molecular complexity index is 3750. The van der Waals surface area contributed by atoms with Crippen molar-refractivity contribution in [3.8, 4) is 39.1 Å². The van der Waals surface area contributed by atoms with Crippen LogP contribution >= 0.6 is 11.3 Å². The number of allylic oxidation sites excluding steroid dienone is 4. The number of benzene rings is 9. The summed E-state index contributed by atoms with van der Waals surface area (Å²) in [4.78, 5) is 2.48. The second-order valence-corrected chi connectivity index (χ2v) is 19.4. The fraction of sp³-hybridized carbons (Fsp3) is 0.0794. The summed E-state index contributed by atoms with van der Waals surface area (Å²) < 4.78 is 5.08. The Labute approximate surface area is 389 Å². The molecule has 2 heterocycles. The number of rotatable bonds is 7. The number of para-hydroxylation sites is 3. The molecule has 0 bridgehead atoms. The summed E-state index contributed by atoms with van der Waals surface area (Å²) in [6.07, 6.45) is 7.83. The predicted molar refractivity (Wildman–Crippen MR) is 282 cm³/mol. The summed E-state index contributed by atoms with van der Waals surface area (Å²) in [5.74, 6) is 0.165. The van der Waals surface area contributed by atoms with Crippen molar-refractivity contribution >= 4 is 64.7 Å². The zero-order valence-electron chi connectivity index (χ0n) is 36.9. The summed E-state index contributed by atoms with van der Waals surface area (Å²) in [6.45, 7) is 4.80. The maximum atomic E-state index is 2.51. The van der Waals surface area contributed by atoms with Gasteiger partial charge in [0.1, 0.15) is 0 Å². The third-order valence-electron chi connectivity index (χ3n) is 14.4.